The second kappa shape index (κ2) is 6.92. The second-order valence-corrected chi connectivity index (χ2v) is 6.37. The molecule has 1 aliphatic heterocycles. The van der Waals surface area contributed by atoms with E-state index < -0.39 is 0 Å². The molecule has 3 aromatic rings. The Morgan fingerprint density at radius 2 is 1.81 bits per heavy atom. The van der Waals surface area contributed by atoms with E-state index in [0.717, 1.165) is 28.9 Å². The zero-order valence-corrected chi connectivity index (χ0v) is 14.8. The van der Waals surface area contributed by atoms with Crippen molar-refractivity contribution in [3.63, 3.8) is 0 Å². The summed E-state index contributed by atoms with van der Waals surface area (Å²) >= 11 is 0. The Hall–Kier alpha value is -3.28. The van der Waals surface area contributed by atoms with E-state index in [0.29, 0.717) is 5.82 Å². The fourth-order valence-electron chi connectivity index (χ4n) is 3.13. The molecule has 2 heterocycles. The number of aromatic amines is 1. The molecule has 1 N–H and O–H groups in total. The third-order valence-electron chi connectivity index (χ3n) is 4.52. The molecule has 26 heavy (non-hydrogen) atoms. The minimum absolute atomic E-state index is 0.165. The topological polar surface area (TPSA) is 70.1 Å². The van der Waals surface area contributed by atoms with Crippen molar-refractivity contribution >= 4 is 5.71 Å². The number of rotatable bonds is 4. The highest BCUT2D eigenvalue weighted by Gasteiger charge is 2.14. The molecule has 0 bridgehead atoms. The van der Waals surface area contributed by atoms with E-state index in [-0.39, 0.29) is 6.17 Å². The third-order valence-corrected chi connectivity index (χ3v) is 4.52. The van der Waals surface area contributed by atoms with Gasteiger partial charge < -0.3 is 4.90 Å². The number of H-pyrrole nitrogens is 1. The molecule has 0 spiro atoms. The van der Waals surface area contributed by atoms with Crippen LogP contribution in [0.5, 0.6) is 0 Å². The Kier molecular flexibility index (Phi) is 4.31. The Morgan fingerprint density at radius 3 is 2.50 bits per heavy atom. The lowest BCUT2D eigenvalue weighted by molar-refractivity contribution is 0.290. The van der Waals surface area contributed by atoms with Gasteiger partial charge in [-0.25, -0.2) is 0 Å². The maximum Gasteiger partial charge on any atom is 0.205 e. The van der Waals surface area contributed by atoms with E-state index in [1.54, 1.807) is 0 Å². The van der Waals surface area contributed by atoms with Gasteiger partial charge >= 0.3 is 0 Å². The molecule has 0 saturated heterocycles. The summed E-state index contributed by atoms with van der Waals surface area (Å²) < 4.78 is 0. The van der Waals surface area contributed by atoms with E-state index in [2.05, 4.69) is 80.0 Å². The van der Waals surface area contributed by atoms with Gasteiger partial charge in [0.1, 0.15) is 6.17 Å². The zero-order chi connectivity index (χ0) is 17.9. The van der Waals surface area contributed by atoms with Crippen molar-refractivity contribution in [3.8, 4) is 22.5 Å². The van der Waals surface area contributed by atoms with Crippen LogP contribution in [-0.2, 0) is 6.54 Å². The summed E-state index contributed by atoms with van der Waals surface area (Å²) in [5, 5.41) is 14.4. The predicted molar refractivity (Wildman–Crippen MR) is 102 cm³/mol. The number of benzene rings is 2. The number of tetrazole rings is 1. The number of nitrogens with zero attached hydrogens (tertiary/aromatic N) is 5. The van der Waals surface area contributed by atoms with Crippen LogP contribution < -0.4 is 0 Å². The van der Waals surface area contributed by atoms with E-state index >= 15 is 0 Å². The zero-order valence-electron chi connectivity index (χ0n) is 14.8. The Balaban J connectivity index is 1.57. The van der Waals surface area contributed by atoms with Crippen molar-refractivity contribution in [2.75, 3.05) is 0 Å². The van der Waals surface area contributed by atoms with Crippen LogP contribution in [0.15, 0.2) is 65.8 Å². The van der Waals surface area contributed by atoms with Crippen LogP contribution in [-0.4, -0.2) is 37.4 Å². The number of hydrogen-bond donors (Lipinski definition) is 1. The molecule has 2 aromatic carbocycles. The molecule has 4 rings (SSSR count). The molecular formula is C20H20N6. The number of nitrogens with one attached hydrogen (secondary N) is 1. The first-order chi connectivity index (χ1) is 12.7. The van der Waals surface area contributed by atoms with Gasteiger partial charge in [-0.3, -0.25) is 4.99 Å². The molecule has 0 aliphatic carbocycles. The van der Waals surface area contributed by atoms with Gasteiger partial charge in [-0.15, -0.1) is 10.2 Å². The second-order valence-electron chi connectivity index (χ2n) is 6.37. The van der Waals surface area contributed by atoms with Gasteiger partial charge in [0.15, 0.2) is 0 Å². The van der Waals surface area contributed by atoms with Crippen molar-refractivity contribution in [3.05, 3.63) is 66.4 Å². The summed E-state index contributed by atoms with van der Waals surface area (Å²) in [6.07, 6.45) is 4.33. The highest BCUT2D eigenvalue weighted by molar-refractivity contribution is 5.93. The summed E-state index contributed by atoms with van der Waals surface area (Å²) in [6.45, 7) is 4.98. The van der Waals surface area contributed by atoms with Gasteiger partial charge in [-0.2, -0.15) is 5.21 Å². The van der Waals surface area contributed by atoms with Crippen LogP contribution in [0.25, 0.3) is 22.5 Å². The molecule has 1 aliphatic rings. The fraction of sp³-hybridized carbons (Fsp3) is 0.200. The average molecular weight is 344 g/mol. The smallest absolute Gasteiger partial charge is 0.205 e. The number of hydrogen-bond acceptors (Lipinski definition) is 5. The molecule has 1 unspecified atom stereocenters. The van der Waals surface area contributed by atoms with Crippen LogP contribution in [0, 0.1) is 0 Å². The van der Waals surface area contributed by atoms with E-state index in [4.69, 9.17) is 0 Å². The standard InChI is InChI=1S/C20H20N6/c1-14-11-12-26(15(2)21-14)13-16-7-9-17(10-8-16)18-5-3-4-6-19(18)20-22-24-25-23-20/h3-12,15H,13H2,1-2H3,(H,22,23,24,25). The Morgan fingerprint density at radius 1 is 1.04 bits per heavy atom. The van der Waals surface area contributed by atoms with Crippen molar-refractivity contribution < 1.29 is 0 Å². The lowest BCUT2D eigenvalue weighted by atomic mass is 9.98. The third kappa shape index (κ3) is 3.26. The van der Waals surface area contributed by atoms with Crippen LogP contribution in [0.3, 0.4) is 0 Å². The largest absolute Gasteiger partial charge is 0.352 e. The summed E-state index contributed by atoms with van der Waals surface area (Å²) in [5.41, 5.74) is 5.50. The first kappa shape index (κ1) is 16.2. The minimum atomic E-state index is 0.165. The van der Waals surface area contributed by atoms with E-state index in [9.17, 15) is 0 Å². The molecule has 6 nitrogen and oxygen atoms in total. The quantitative estimate of drug-likeness (QED) is 0.784. The summed E-state index contributed by atoms with van der Waals surface area (Å²) in [6, 6.07) is 16.7. The Labute approximate surface area is 152 Å². The summed E-state index contributed by atoms with van der Waals surface area (Å²) in [7, 11) is 0. The van der Waals surface area contributed by atoms with Crippen molar-refractivity contribution in [1.29, 1.82) is 0 Å². The number of allylic oxidation sites excluding steroid dienone is 1. The van der Waals surface area contributed by atoms with Gasteiger partial charge in [0.25, 0.3) is 0 Å². The van der Waals surface area contributed by atoms with Crippen LogP contribution in [0.2, 0.25) is 0 Å². The molecule has 1 aromatic heterocycles. The van der Waals surface area contributed by atoms with Gasteiger partial charge in [-0.05, 0) is 41.8 Å². The maximum atomic E-state index is 4.60. The monoisotopic (exact) mass is 344 g/mol. The molecule has 0 amide bonds. The summed E-state index contributed by atoms with van der Waals surface area (Å²) in [4.78, 5) is 6.83. The molecule has 6 heteroatoms. The SMILES string of the molecule is CC1=NC(C)N(Cc2ccc(-c3ccccc3-c3nn[nH]n3)cc2)C=C1. The van der Waals surface area contributed by atoms with Gasteiger partial charge in [0.2, 0.25) is 5.82 Å². The lowest BCUT2D eigenvalue weighted by Gasteiger charge is -2.28. The molecule has 0 fully saturated rings. The van der Waals surface area contributed by atoms with Gasteiger partial charge in [0.05, 0.1) is 0 Å². The van der Waals surface area contributed by atoms with Crippen LogP contribution >= 0.6 is 0 Å². The van der Waals surface area contributed by atoms with E-state index in [1.807, 2.05) is 25.1 Å². The van der Waals surface area contributed by atoms with Crippen molar-refractivity contribution in [2.45, 2.75) is 26.6 Å². The van der Waals surface area contributed by atoms with Crippen LogP contribution in [0.1, 0.15) is 19.4 Å². The highest BCUT2D eigenvalue weighted by atomic mass is 15.5. The molecule has 0 saturated carbocycles. The number of aromatic nitrogens is 4. The first-order valence-electron chi connectivity index (χ1n) is 8.61. The van der Waals surface area contributed by atoms with Crippen LogP contribution in [0.4, 0.5) is 0 Å². The molecular weight excluding hydrogens is 324 g/mol. The van der Waals surface area contributed by atoms with E-state index in [1.165, 1.54) is 5.56 Å². The average Bonchev–Trinajstić information content (AvgIpc) is 3.19. The normalized spacial score (nSPS) is 16.6. The van der Waals surface area contributed by atoms with Gasteiger partial charge in [0, 0.05) is 24.0 Å². The van der Waals surface area contributed by atoms with Crippen molar-refractivity contribution in [2.24, 2.45) is 4.99 Å². The Bertz CT molecular complexity index is 941. The highest BCUT2D eigenvalue weighted by Crippen LogP contribution is 2.30. The number of aliphatic imine (C=N–C) groups is 1. The van der Waals surface area contributed by atoms with Gasteiger partial charge in [-0.1, -0.05) is 48.5 Å². The predicted octanol–water partition coefficient (Wildman–Crippen LogP) is 3.67. The van der Waals surface area contributed by atoms with Crippen molar-refractivity contribution in [1.82, 2.24) is 25.5 Å². The summed E-state index contributed by atoms with van der Waals surface area (Å²) in [5.74, 6) is 0.602. The fourth-order valence-corrected chi connectivity index (χ4v) is 3.13. The minimum Gasteiger partial charge on any atom is -0.352 e. The molecule has 1 atom stereocenters. The first-order valence-corrected chi connectivity index (χ1v) is 8.61. The maximum absolute atomic E-state index is 4.60. The lowest BCUT2D eigenvalue weighted by Crippen LogP contribution is -2.29. The molecule has 130 valence electrons. The molecule has 0 radical (unpaired) electrons.